The lowest BCUT2D eigenvalue weighted by Crippen LogP contribution is -2.82. The molecule has 21 heteroatoms. The molecule has 0 spiro atoms. The van der Waals surface area contributed by atoms with Crippen molar-refractivity contribution in [1.29, 1.82) is 0 Å². The van der Waals surface area contributed by atoms with E-state index in [-0.39, 0.29) is 41.9 Å². The van der Waals surface area contributed by atoms with Gasteiger partial charge in [0.25, 0.3) is 5.91 Å². The van der Waals surface area contributed by atoms with E-state index in [9.17, 15) is 48.6 Å². The molecule has 4 N–H and O–H groups in total. The fraction of sp³-hybridized carbons (Fsp3) is 0.388. The molecule has 3 fully saturated rings. The topological polar surface area (TPSA) is 292 Å². The zero-order valence-corrected chi connectivity index (χ0v) is 49.4. The van der Waals surface area contributed by atoms with Gasteiger partial charge in [0, 0.05) is 44.1 Å². The van der Waals surface area contributed by atoms with E-state index >= 15 is 4.79 Å². The lowest BCUT2D eigenvalue weighted by molar-refractivity contribution is -0.346. The van der Waals surface area contributed by atoms with E-state index in [0.29, 0.717) is 16.7 Å². The van der Waals surface area contributed by atoms with Crippen molar-refractivity contribution in [3.05, 3.63) is 191 Å². The number of carbonyl (C=O) groups is 9. The number of rotatable bonds is 20. The summed E-state index contributed by atoms with van der Waals surface area (Å²) in [6.07, 6.45) is -13.8. The molecule has 2 saturated carbocycles. The van der Waals surface area contributed by atoms with Crippen LogP contribution in [0.2, 0.25) is 0 Å². The smallest absolute Gasteiger partial charge is 0.408 e. The van der Waals surface area contributed by atoms with Gasteiger partial charge >= 0.3 is 41.9 Å². The van der Waals surface area contributed by atoms with Gasteiger partial charge in [-0.3, -0.25) is 24.0 Å². The van der Waals surface area contributed by atoms with Crippen molar-refractivity contribution in [2.24, 2.45) is 16.7 Å². The largest absolute Gasteiger partial charge is 0.461 e. The summed E-state index contributed by atoms with van der Waals surface area (Å²) in [5.41, 5.74) is -6.98. The number of hydrogen-bond donors (Lipinski definition) is 4. The van der Waals surface area contributed by atoms with Gasteiger partial charge in [-0.15, -0.1) is 0 Å². The maximum Gasteiger partial charge on any atom is 0.408 e. The number of Topliss-reactive ketones (excluding diaryl/α,β-unsaturated/α-hetero) is 1. The molecule has 21 nitrogen and oxygen atoms in total. The van der Waals surface area contributed by atoms with Crippen LogP contribution in [-0.2, 0) is 79.9 Å². The predicted octanol–water partition coefficient (Wildman–Crippen LogP) is 7.11. The molecule has 462 valence electrons. The first-order valence-corrected chi connectivity index (χ1v) is 28.9. The van der Waals surface area contributed by atoms with E-state index in [1.54, 1.807) is 140 Å². The quantitative estimate of drug-likeness (QED) is 0.0343. The molecule has 88 heavy (non-hydrogen) atoms. The number of carbonyl (C=O) groups excluding carboxylic acids is 9. The Morgan fingerprint density at radius 2 is 1.23 bits per heavy atom. The Labute approximate surface area is 507 Å². The van der Waals surface area contributed by atoms with E-state index in [1.807, 2.05) is 0 Å². The van der Waals surface area contributed by atoms with E-state index in [0.717, 1.165) is 13.8 Å². The minimum Gasteiger partial charge on any atom is -0.461 e. The standard InChI is InChI=1S/C67H70N2O19/c1-39-48(85-62(78)54(73)53(44-26-16-9-17-27-44)69-59(75)45-28-18-10-19-29-45)35-67(80)58(87-60(76)46-30-20-11-21-31-46)56-65(6,57(74)55(84-40(2)70)52(39)64(67,4)5)49(34-50-66(56,38-83-50)88-41(3)71)86-51(72)33-32-47(61(77)81-36-42-22-12-7-13-23-42)68-63(79)82-37-43-24-14-8-15-25-43/h7-31,47-50,53-56,58,73,80H,32-38H2,1-6H3,(H,68,79)(H,69,75)/t47?,48-,49-,50+,53-,54+,55+,56-,58-,65+,66-,67+/m0/s1. The van der Waals surface area contributed by atoms with E-state index < -0.39 is 156 Å². The van der Waals surface area contributed by atoms with Crippen LogP contribution < -0.4 is 10.6 Å². The number of aliphatic hydroxyl groups excluding tert-OH is 1. The van der Waals surface area contributed by atoms with Crippen molar-refractivity contribution in [3.8, 4) is 0 Å². The Bertz CT molecular complexity index is 3440. The number of ether oxygens (including phenoxy) is 8. The Morgan fingerprint density at radius 3 is 1.78 bits per heavy atom. The van der Waals surface area contributed by atoms with E-state index in [4.69, 9.17) is 37.9 Å². The number of benzene rings is 5. The molecular formula is C67H70N2O19. The van der Waals surface area contributed by atoms with E-state index in [1.165, 1.54) is 39.8 Å². The molecule has 0 aromatic heterocycles. The molecule has 1 saturated heterocycles. The van der Waals surface area contributed by atoms with Crippen LogP contribution in [0.1, 0.15) is 111 Å². The highest BCUT2D eigenvalue weighted by Crippen LogP contribution is 2.65. The first-order chi connectivity index (χ1) is 42.0. The van der Waals surface area contributed by atoms with Crippen molar-refractivity contribution in [2.75, 3.05) is 6.61 Å². The maximum atomic E-state index is 16.5. The number of hydrogen-bond acceptors (Lipinski definition) is 19. The second kappa shape index (κ2) is 26.5. The Morgan fingerprint density at radius 1 is 0.670 bits per heavy atom. The van der Waals surface area contributed by atoms with Crippen LogP contribution in [0.3, 0.4) is 0 Å². The second-order valence-electron chi connectivity index (χ2n) is 23.2. The third kappa shape index (κ3) is 13.0. The SMILES string of the molecule is CC(=O)O[C@H]1C(=O)[C@]2(C)[C@@H](OC(=O)CCC(NC(=O)OCc3ccccc3)C(=O)OCc3ccccc3)C[C@H]3OC[C@@]3(OC(C)=O)[C@H]2[C@H](OC(=O)c2ccccc2)[C@]2(O)C[C@H](OC(=O)[C@H](O)[C@@H](NC(=O)c3ccccc3)c3ccccc3)C(C)=C1C2(C)C. The first-order valence-electron chi connectivity index (χ1n) is 28.9. The highest BCUT2D eigenvalue weighted by atomic mass is 16.6. The molecule has 1 aliphatic heterocycles. The summed E-state index contributed by atoms with van der Waals surface area (Å²) >= 11 is 0. The number of alkyl carbamates (subject to hydrolysis) is 1. The first kappa shape index (κ1) is 63.5. The number of fused-ring (bicyclic) bond motifs is 5. The predicted molar refractivity (Wildman–Crippen MR) is 311 cm³/mol. The number of nitrogens with one attached hydrogen (secondary N) is 2. The van der Waals surface area contributed by atoms with Crippen molar-refractivity contribution in [2.45, 2.75) is 140 Å². The van der Waals surface area contributed by atoms with Gasteiger partial charge in [0.1, 0.15) is 49.3 Å². The summed E-state index contributed by atoms with van der Waals surface area (Å²) in [7, 11) is 0. The average molecular weight is 1210 g/mol. The summed E-state index contributed by atoms with van der Waals surface area (Å²) in [6, 6.07) is 38.4. The summed E-state index contributed by atoms with van der Waals surface area (Å²) in [4.78, 5) is 129. The van der Waals surface area contributed by atoms with Crippen LogP contribution >= 0.6 is 0 Å². The zero-order chi connectivity index (χ0) is 63.1. The van der Waals surface area contributed by atoms with Crippen LogP contribution in [0.15, 0.2) is 163 Å². The van der Waals surface area contributed by atoms with Gasteiger partial charge in [-0.05, 0) is 72.4 Å². The van der Waals surface area contributed by atoms with Crippen molar-refractivity contribution in [3.63, 3.8) is 0 Å². The Hall–Kier alpha value is -9.05. The van der Waals surface area contributed by atoms with Gasteiger partial charge in [-0.1, -0.05) is 141 Å². The molecule has 5 aromatic carbocycles. The highest BCUT2D eigenvalue weighted by molar-refractivity contribution is 5.97. The highest BCUT2D eigenvalue weighted by Gasteiger charge is 2.79. The number of esters is 6. The minimum absolute atomic E-state index is 0.0220. The monoisotopic (exact) mass is 1210 g/mol. The van der Waals surface area contributed by atoms with Gasteiger partial charge in [-0.25, -0.2) is 19.2 Å². The number of aliphatic hydroxyl groups is 2. The fourth-order valence-electron chi connectivity index (χ4n) is 12.8. The molecule has 12 atom stereocenters. The van der Waals surface area contributed by atoms with Crippen molar-refractivity contribution in [1.82, 2.24) is 10.6 Å². The van der Waals surface area contributed by atoms with Gasteiger partial charge in [0.05, 0.1) is 29.5 Å². The summed E-state index contributed by atoms with van der Waals surface area (Å²) in [5, 5.41) is 31.5. The number of amides is 2. The van der Waals surface area contributed by atoms with Crippen LogP contribution in [0.25, 0.3) is 0 Å². The van der Waals surface area contributed by atoms with Gasteiger partial charge in [0.15, 0.2) is 23.6 Å². The molecule has 2 bridgehead atoms. The van der Waals surface area contributed by atoms with Gasteiger partial charge in [-0.2, -0.15) is 0 Å². The maximum absolute atomic E-state index is 16.5. The van der Waals surface area contributed by atoms with Gasteiger partial charge in [0.2, 0.25) is 0 Å². The normalized spacial score (nSPS) is 25.9. The van der Waals surface area contributed by atoms with Crippen LogP contribution in [-0.4, -0.2) is 124 Å². The molecular weight excluding hydrogens is 1140 g/mol. The third-order valence-electron chi connectivity index (χ3n) is 17.4. The number of ketones is 1. The second-order valence-corrected chi connectivity index (χ2v) is 23.2. The molecule has 1 heterocycles. The molecule has 5 aromatic rings. The molecule has 4 aliphatic rings. The van der Waals surface area contributed by atoms with Crippen LogP contribution in [0, 0.1) is 16.7 Å². The molecule has 3 aliphatic carbocycles. The van der Waals surface area contributed by atoms with Crippen LogP contribution in [0.4, 0.5) is 4.79 Å². The minimum atomic E-state index is -2.58. The lowest BCUT2D eigenvalue weighted by atomic mass is 9.44. The summed E-state index contributed by atoms with van der Waals surface area (Å²) < 4.78 is 48.7. The lowest BCUT2D eigenvalue weighted by Gasteiger charge is -2.67. The Balaban J connectivity index is 1.12. The fourth-order valence-corrected chi connectivity index (χ4v) is 12.8. The molecule has 1 unspecified atom stereocenters. The Kier molecular flexibility index (Phi) is 19.1. The van der Waals surface area contributed by atoms with Crippen LogP contribution in [0.5, 0.6) is 0 Å². The van der Waals surface area contributed by atoms with Crippen molar-refractivity contribution < 1.29 is 91.3 Å². The summed E-state index contributed by atoms with van der Waals surface area (Å²) in [6.45, 7) is 7.20. The molecule has 0 radical (unpaired) electrons. The van der Waals surface area contributed by atoms with Gasteiger partial charge < -0.3 is 58.7 Å². The average Bonchev–Trinajstić information content (AvgIpc) is 0.679. The molecule has 2 amide bonds. The summed E-state index contributed by atoms with van der Waals surface area (Å²) in [5.74, 6) is -9.59. The van der Waals surface area contributed by atoms with Crippen molar-refractivity contribution >= 4 is 53.6 Å². The third-order valence-corrected chi connectivity index (χ3v) is 17.4. The molecule has 9 rings (SSSR count). The zero-order valence-electron chi connectivity index (χ0n) is 49.4. The van der Waals surface area contributed by atoms with E-state index in [2.05, 4.69) is 10.6 Å².